The van der Waals surface area contributed by atoms with Gasteiger partial charge < -0.3 is 9.64 Å². The summed E-state index contributed by atoms with van der Waals surface area (Å²) in [6.45, 7) is 6.68. The molecule has 0 saturated carbocycles. The first-order valence-corrected chi connectivity index (χ1v) is 11.8. The number of ether oxygens (including phenoxy) is 1. The molecule has 2 fully saturated rings. The summed E-state index contributed by atoms with van der Waals surface area (Å²) in [5.41, 5.74) is 4.97. The third-order valence-corrected chi connectivity index (χ3v) is 6.66. The topological polar surface area (TPSA) is 36.0 Å². The SMILES string of the molecule is O=CC1O[C@H](c2ccccc2)CN1Cc1ccc(CN2CCN(c3ccccc3)CC2)cc1. The van der Waals surface area contributed by atoms with E-state index in [0.29, 0.717) is 6.54 Å². The lowest BCUT2D eigenvalue weighted by atomic mass is 10.1. The number of rotatable bonds is 7. The minimum absolute atomic E-state index is 0.0600. The number of anilines is 1. The lowest BCUT2D eigenvalue weighted by Gasteiger charge is -2.36. The van der Waals surface area contributed by atoms with E-state index < -0.39 is 6.23 Å². The van der Waals surface area contributed by atoms with Crippen molar-refractivity contribution in [2.75, 3.05) is 37.6 Å². The lowest BCUT2D eigenvalue weighted by Crippen LogP contribution is -2.45. The lowest BCUT2D eigenvalue weighted by molar-refractivity contribution is -0.123. The Morgan fingerprint density at radius 2 is 1.36 bits per heavy atom. The van der Waals surface area contributed by atoms with E-state index >= 15 is 0 Å². The van der Waals surface area contributed by atoms with Crippen molar-refractivity contribution in [1.29, 1.82) is 0 Å². The number of hydrogen-bond acceptors (Lipinski definition) is 5. The van der Waals surface area contributed by atoms with Crippen LogP contribution < -0.4 is 4.90 Å². The summed E-state index contributed by atoms with van der Waals surface area (Å²) in [5, 5.41) is 0. The minimum atomic E-state index is -0.490. The third-order valence-electron chi connectivity index (χ3n) is 6.66. The molecule has 5 rings (SSSR count). The van der Waals surface area contributed by atoms with Crippen molar-refractivity contribution in [3.05, 3.63) is 102 Å². The van der Waals surface area contributed by atoms with Gasteiger partial charge in [-0.15, -0.1) is 0 Å². The Hall–Kier alpha value is -2.99. The number of benzene rings is 3. The Morgan fingerprint density at radius 1 is 0.758 bits per heavy atom. The molecule has 2 atom stereocenters. The number of piperazine rings is 1. The second-order valence-corrected chi connectivity index (χ2v) is 8.91. The van der Waals surface area contributed by atoms with Gasteiger partial charge in [0.25, 0.3) is 0 Å². The molecule has 0 bridgehead atoms. The molecule has 0 aromatic heterocycles. The molecule has 0 amide bonds. The number of para-hydroxylation sites is 1. The van der Waals surface area contributed by atoms with Crippen molar-refractivity contribution in [3.63, 3.8) is 0 Å². The monoisotopic (exact) mass is 441 g/mol. The maximum atomic E-state index is 11.6. The van der Waals surface area contributed by atoms with Crippen LogP contribution in [0.25, 0.3) is 0 Å². The zero-order valence-electron chi connectivity index (χ0n) is 18.9. The van der Waals surface area contributed by atoms with E-state index in [1.54, 1.807) is 0 Å². The van der Waals surface area contributed by atoms with E-state index in [2.05, 4.69) is 81.4 Å². The standard InChI is InChI=1S/C28H31N3O2/c32-22-28-31(21-27(33-28)25-7-3-1-4-8-25)20-24-13-11-23(12-14-24)19-29-15-17-30(18-16-29)26-9-5-2-6-10-26/h1-14,22,27-28H,15-21H2/t27-,28?/m0/s1. The van der Waals surface area contributed by atoms with Crippen molar-refractivity contribution in [3.8, 4) is 0 Å². The van der Waals surface area contributed by atoms with Gasteiger partial charge >= 0.3 is 0 Å². The Kier molecular flexibility index (Phi) is 6.81. The largest absolute Gasteiger partial charge is 0.369 e. The van der Waals surface area contributed by atoms with Crippen LogP contribution in [0.3, 0.4) is 0 Å². The van der Waals surface area contributed by atoms with Gasteiger partial charge in [0.1, 0.15) is 0 Å². The molecule has 2 aliphatic heterocycles. The second kappa shape index (κ2) is 10.3. The van der Waals surface area contributed by atoms with Crippen molar-refractivity contribution in [2.24, 2.45) is 0 Å². The summed E-state index contributed by atoms with van der Waals surface area (Å²) in [6.07, 6.45) is 0.359. The van der Waals surface area contributed by atoms with Crippen molar-refractivity contribution in [1.82, 2.24) is 9.80 Å². The average molecular weight is 442 g/mol. The molecular formula is C28H31N3O2. The average Bonchev–Trinajstić information content (AvgIpc) is 3.29. The quantitative estimate of drug-likeness (QED) is 0.516. The highest BCUT2D eigenvalue weighted by molar-refractivity contribution is 5.56. The third kappa shape index (κ3) is 5.33. The predicted molar refractivity (Wildman–Crippen MR) is 131 cm³/mol. The molecule has 2 heterocycles. The molecule has 5 nitrogen and oxygen atoms in total. The van der Waals surface area contributed by atoms with Crippen LogP contribution in [-0.2, 0) is 22.6 Å². The summed E-state index contributed by atoms with van der Waals surface area (Å²) in [6, 6.07) is 29.6. The van der Waals surface area contributed by atoms with Gasteiger partial charge in [-0.1, -0.05) is 72.8 Å². The van der Waals surface area contributed by atoms with Gasteiger partial charge in [-0.05, 0) is 28.8 Å². The van der Waals surface area contributed by atoms with Crippen LogP contribution in [0.2, 0.25) is 0 Å². The normalized spacial score (nSPS) is 21.9. The minimum Gasteiger partial charge on any atom is -0.369 e. The molecule has 3 aromatic rings. The van der Waals surface area contributed by atoms with Crippen LogP contribution >= 0.6 is 0 Å². The molecule has 3 aromatic carbocycles. The van der Waals surface area contributed by atoms with Gasteiger partial charge in [-0.2, -0.15) is 0 Å². The fourth-order valence-corrected chi connectivity index (χ4v) is 4.78. The van der Waals surface area contributed by atoms with Crippen molar-refractivity contribution in [2.45, 2.75) is 25.4 Å². The van der Waals surface area contributed by atoms with Crippen LogP contribution in [0, 0.1) is 0 Å². The molecule has 33 heavy (non-hydrogen) atoms. The van der Waals surface area contributed by atoms with Crippen LogP contribution in [0.15, 0.2) is 84.9 Å². The van der Waals surface area contributed by atoms with Gasteiger partial charge in [0, 0.05) is 51.5 Å². The van der Waals surface area contributed by atoms with E-state index in [4.69, 9.17) is 4.74 Å². The zero-order chi connectivity index (χ0) is 22.5. The van der Waals surface area contributed by atoms with E-state index in [1.165, 1.54) is 16.8 Å². The number of nitrogens with zero attached hydrogens (tertiary/aromatic N) is 3. The highest BCUT2D eigenvalue weighted by Crippen LogP contribution is 2.29. The van der Waals surface area contributed by atoms with Gasteiger partial charge in [-0.3, -0.25) is 14.6 Å². The summed E-state index contributed by atoms with van der Waals surface area (Å²) in [4.78, 5) is 18.7. The Bertz CT molecular complexity index is 1020. The molecule has 2 aliphatic rings. The first kappa shape index (κ1) is 21.8. The smallest absolute Gasteiger partial charge is 0.168 e. The van der Waals surface area contributed by atoms with Gasteiger partial charge in [0.2, 0.25) is 0 Å². The molecule has 0 aliphatic carbocycles. The zero-order valence-corrected chi connectivity index (χ0v) is 18.9. The Balaban J connectivity index is 1.14. The Labute approximate surface area is 196 Å². The molecule has 0 radical (unpaired) electrons. The van der Waals surface area contributed by atoms with Crippen LogP contribution in [0.1, 0.15) is 22.8 Å². The fourth-order valence-electron chi connectivity index (χ4n) is 4.78. The maximum Gasteiger partial charge on any atom is 0.168 e. The molecule has 2 saturated heterocycles. The first-order valence-electron chi connectivity index (χ1n) is 11.8. The Morgan fingerprint density at radius 3 is 2.00 bits per heavy atom. The van der Waals surface area contributed by atoms with Crippen molar-refractivity contribution < 1.29 is 9.53 Å². The van der Waals surface area contributed by atoms with Crippen LogP contribution in [0.4, 0.5) is 5.69 Å². The highest BCUT2D eigenvalue weighted by atomic mass is 16.5. The number of hydrogen-bond donors (Lipinski definition) is 0. The molecular weight excluding hydrogens is 410 g/mol. The van der Waals surface area contributed by atoms with Gasteiger partial charge in [0.05, 0.1) is 6.10 Å². The summed E-state index contributed by atoms with van der Waals surface area (Å²) < 4.78 is 5.99. The highest BCUT2D eigenvalue weighted by Gasteiger charge is 2.33. The summed E-state index contributed by atoms with van der Waals surface area (Å²) in [5.74, 6) is 0. The molecule has 1 unspecified atom stereocenters. The van der Waals surface area contributed by atoms with Crippen molar-refractivity contribution >= 4 is 12.0 Å². The fraction of sp³-hybridized carbons (Fsp3) is 0.321. The number of carbonyl (C=O) groups excluding carboxylic acids is 1. The van der Waals surface area contributed by atoms with E-state index in [9.17, 15) is 4.79 Å². The van der Waals surface area contributed by atoms with E-state index in [0.717, 1.165) is 51.1 Å². The van der Waals surface area contributed by atoms with Gasteiger partial charge in [-0.25, -0.2) is 0 Å². The summed E-state index contributed by atoms with van der Waals surface area (Å²) >= 11 is 0. The molecule has 0 N–H and O–H groups in total. The molecule has 5 heteroatoms. The molecule has 170 valence electrons. The van der Waals surface area contributed by atoms with Crippen LogP contribution in [0.5, 0.6) is 0 Å². The second-order valence-electron chi connectivity index (χ2n) is 8.91. The first-order chi connectivity index (χ1) is 16.3. The maximum absolute atomic E-state index is 11.6. The van der Waals surface area contributed by atoms with E-state index in [1.807, 2.05) is 18.2 Å². The van der Waals surface area contributed by atoms with Crippen LogP contribution in [-0.4, -0.2) is 55.0 Å². The number of aldehydes is 1. The molecule has 0 spiro atoms. The van der Waals surface area contributed by atoms with Gasteiger partial charge in [0.15, 0.2) is 12.5 Å². The van der Waals surface area contributed by atoms with E-state index in [-0.39, 0.29) is 6.10 Å². The predicted octanol–water partition coefficient (Wildman–Crippen LogP) is 4.11. The number of carbonyl (C=O) groups is 1. The summed E-state index contributed by atoms with van der Waals surface area (Å²) in [7, 11) is 0.